The molecule has 0 bridgehead atoms. The molecule has 6 heteroatoms. The Hall–Kier alpha value is -3.15. The smallest absolute Gasteiger partial charge is 0.318 e. The van der Waals surface area contributed by atoms with Crippen LogP contribution in [0.2, 0.25) is 0 Å². The van der Waals surface area contributed by atoms with Crippen LogP contribution in [0.5, 0.6) is 0 Å². The van der Waals surface area contributed by atoms with Gasteiger partial charge in [-0.2, -0.15) is 5.10 Å². The highest BCUT2D eigenvalue weighted by atomic mass is 16.2. The first-order valence-electron chi connectivity index (χ1n) is 8.28. The molecule has 0 unspecified atom stereocenters. The van der Waals surface area contributed by atoms with Crippen molar-refractivity contribution < 1.29 is 4.79 Å². The second-order valence-electron chi connectivity index (χ2n) is 6.20. The van der Waals surface area contributed by atoms with E-state index in [-0.39, 0.29) is 6.03 Å². The summed E-state index contributed by atoms with van der Waals surface area (Å²) in [7, 11) is 0. The lowest BCUT2D eigenvalue weighted by molar-refractivity contribution is 0.198. The van der Waals surface area contributed by atoms with Gasteiger partial charge in [-0.1, -0.05) is 48.5 Å². The third-order valence-corrected chi connectivity index (χ3v) is 4.37. The van der Waals surface area contributed by atoms with Gasteiger partial charge in [0.25, 0.3) is 0 Å². The van der Waals surface area contributed by atoms with Crippen LogP contribution in [0.25, 0.3) is 0 Å². The predicted molar refractivity (Wildman–Crippen MR) is 93.5 cm³/mol. The van der Waals surface area contributed by atoms with E-state index in [2.05, 4.69) is 33.6 Å². The summed E-state index contributed by atoms with van der Waals surface area (Å²) < 4.78 is 1.78. The Morgan fingerprint density at radius 3 is 2.52 bits per heavy atom. The van der Waals surface area contributed by atoms with E-state index in [4.69, 9.17) is 0 Å². The van der Waals surface area contributed by atoms with Crippen molar-refractivity contribution in [3.8, 4) is 0 Å². The number of amides is 2. The van der Waals surface area contributed by atoms with Gasteiger partial charge in [0, 0.05) is 19.6 Å². The lowest BCUT2D eigenvalue weighted by atomic mass is 10.1. The molecule has 2 amide bonds. The van der Waals surface area contributed by atoms with Crippen molar-refractivity contribution in [3.05, 3.63) is 83.4 Å². The average molecular weight is 333 g/mol. The Labute approximate surface area is 146 Å². The van der Waals surface area contributed by atoms with Gasteiger partial charge in [-0.25, -0.2) is 14.5 Å². The molecule has 1 aliphatic heterocycles. The van der Waals surface area contributed by atoms with E-state index in [0.717, 1.165) is 11.1 Å². The zero-order valence-electron chi connectivity index (χ0n) is 13.8. The molecular weight excluding hydrogens is 314 g/mol. The second kappa shape index (κ2) is 6.76. The van der Waals surface area contributed by atoms with Crippen LogP contribution in [-0.2, 0) is 26.2 Å². The fourth-order valence-electron chi connectivity index (χ4n) is 3.11. The number of aromatic nitrogens is 3. The van der Waals surface area contributed by atoms with Crippen molar-refractivity contribution in [1.29, 1.82) is 0 Å². The number of hydrogen-bond acceptors (Lipinski definition) is 3. The van der Waals surface area contributed by atoms with Gasteiger partial charge < -0.3 is 10.2 Å². The first-order chi connectivity index (χ1) is 12.3. The van der Waals surface area contributed by atoms with Crippen molar-refractivity contribution in [2.75, 3.05) is 0 Å². The molecule has 2 aromatic carbocycles. The van der Waals surface area contributed by atoms with Crippen LogP contribution in [0.3, 0.4) is 0 Å². The molecule has 6 nitrogen and oxygen atoms in total. The van der Waals surface area contributed by atoms with Gasteiger partial charge in [0.15, 0.2) is 0 Å². The maximum absolute atomic E-state index is 12.4. The zero-order chi connectivity index (χ0) is 17.1. The first kappa shape index (κ1) is 15.4. The summed E-state index contributed by atoms with van der Waals surface area (Å²) in [6, 6.07) is 16.3. The average Bonchev–Trinajstić information content (AvgIpc) is 3.29. The molecule has 4 rings (SSSR count). The minimum absolute atomic E-state index is 0.0297. The number of fused-ring (bicyclic) bond motifs is 1. The summed E-state index contributed by atoms with van der Waals surface area (Å²) in [5.74, 6) is 0. The molecule has 0 spiro atoms. The Bertz CT molecular complexity index is 850. The van der Waals surface area contributed by atoms with E-state index < -0.39 is 0 Å². The molecule has 1 aliphatic rings. The van der Waals surface area contributed by atoms with Crippen LogP contribution in [0.4, 0.5) is 4.79 Å². The number of carbonyl (C=O) groups excluding carboxylic acids is 1. The molecule has 0 radical (unpaired) electrons. The van der Waals surface area contributed by atoms with Gasteiger partial charge in [-0.05, 0) is 22.3 Å². The van der Waals surface area contributed by atoms with E-state index in [1.165, 1.54) is 17.5 Å². The van der Waals surface area contributed by atoms with Crippen molar-refractivity contribution in [2.45, 2.75) is 26.2 Å². The number of nitrogens with one attached hydrogen (secondary N) is 1. The summed E-state index contributed by atoms with van der Waals surface area (Å²) in [6.45, 7) is 2.53. The highest BCUT2D eigenvalue weighted by molar-refractivity contribution is 5.75. The van der Waals surface area contributed by atoms with Crippen LogP contribution in [0.1, 0.15) is 22.3 Å². The van der Waals surface area contributed by atoms with E-state index in [1.807, 2.05) is 35.2 Å². The van der Waals surface area contributed by atoms with Gasteiger partial charge in [-0.3, -0.25) is 0 Å². The highest BCUT2D eigenvalue weighted by Crippen LogP contribution is 2.22. The monoisotopic (exact) mass is 333 g/mol. The van der Waals surface area contributed by atoms with Crippen molar-refractivity contribution in [2.24, 2.45) is 0 Å². The molecule has 3 aromatic rings. The van der Waals surface area contributed by atoms with Crippen molar-refractivity contribution >= 4 is 6.03 Å². The first-order valence-corrected chi connectivity index (χ1v) is 8.28. The number of benzene rings is 2. The number of nitrogens with zero attached hydrogens (tertiary/aromatic N) is 4. The summed E-state index contributed by atoms with van der Waals surface area (Å²) in [6.07, 6.45) is 3.22. The predicted octanol–water partition coefficient (Wildman–Crippen LogP) is 2.55. The molecule has 2 heterocycles. The number of carbonyl (C=O) groups is 1. The lowest BCUT2D eigenvalue weighted by Gasteiger charge is -2.16. The van der Waals surface area contributed by atoms with Gasteiger partial charge in [0.1, 0.15) is 12.7 Å². The number of hydrogen-bond donors (Lipinski definition) is 1. The van der Waals surface area contributed by atoms with Gasteiger partial charge in [-0.15, -0.1) is 0 Å². The SMILES string of the molecule is O=C(NCc1cccc(Cn2cncn2)c1)N1Cc2ccccc2C1. The Balaban J connectivity index is 1.35. The van der Waals surface area contributed by atoms with E-state index >= 15 is 0 Å². The quantitative estimate of drug-likeness (QED) is 0.798. The number of urea groups is 1. The van der Waals surface area contributed by atoms with Crippen LogP contribution in [0.15, 0.2) is 61.2 Å². The molecule has 0 fully saturated rings. The minimum Gasteiger partial charge on any atom is -0.334 e. The third kappa shape index (κ3) is 3.52. The molecule has 1 aromatic heterocycles. The standard InChI is InChI=1S/C19H19N5O/c25-19(23-11-17-6-1-2-7-18(17)12-23)21-9-15-4-3-5-16(8-15)10-24-14-20-13-22-24/h1-8,13-14H,9-12H2,(H,21,25). The van der Waals surface area contributed by atoms with Gasteiger partial charge in [0.05, 0.1) is 6.54 Å². The molecule has 0 aliphatic carbocycles. The topological polar surface area (TPSA) is 63.1 Å². The molecule has 25 heavy (non-hydrogen) atoms. The lowest BCUT2D eigenvalue weighted by Crippen LogP contribution is -2.36. The molecule has 0 saturated heterocycles. The maximum Gasteiger partial charge on any atom is 0.318 e. The third-order valence-electron chi connectivity index (χ3n) is 4.37. The summed E-state index contributed by atoms with van der Waals surface area (Å²) >= 11 is 0. The second-order valence-corrected chi connectivity index (χ2v) is 6.20. The Kier molecular flexibility index (Phi) is 4.16. The summed E-state index contributed by atoms with van der Waals surface area (Å²) in [5.41, 5.74) is 4.66. The van der Waals surface area contributed by atoms with Gasteiger partial charge >= 0.3 is 6.03 Å². The largest absolute Gasteiger partial charge is 0.334 e. The summed E-state index contributed by atoms with van der Waals surface area (Å²) in [4.78, 5) is 18.2. The number of rotatable bonds is 4. The molecule has 126 valence electrons. The van der Waals surface area contributed by atoms with E-state index in [1.54, 1.807) is 11.0 Å². The highest BCUT2D eigenvalue weighted by Gasteiger charge is 2.22. The van der Waals surface area contributed by atoms with Crippen LogP contribution in [0, 0.1) is 0 Å². The summed E-state index contributed by atoms with van der Waals surface area (Å²) in [5, 5.41) is 7.13. The van der Waals surface area contributed by atoms with Crippen LogP contribution >= 0.6 is 0 Å². The maximum atomic E-state index is 12.4. The molecule has 0 atom stereocenters. The normalized spacial score (nSPS) is 12.9. The van der Waals surface area contributed by atoms with Crippen molar-refractivity contribution in [3.63, 3.8) is 0 Å². The van der Waals surface area contributed by atoms with Crippen molar-refractivity contribution in [1.82, 2.24) is 25.0 Å². The van der Waals surface area contributed by atoms with E-state index in [9.17, 15) is 4.79 Å². The van der Waals surface area contributed by atoms with Crippen LogP contribution in [-0.4, -0.2) is 25.7 Å². The van der Waals surface area contributed by atoms with Crippen LogP contribution < -0.4 is 5.32 Å². The van der Waals surface area contributed by atoms with Gasteiger partial charge in [0.2, 0.25) is 0 Å². The van der Waals surface area contributed by atoms with E-state index in [0.29, 0.717) is 26.2 Å². The molecule has 1 N–H and O–H groups in total. The fraction of sp³-hybridized carbons (Fsp3) is 0.211. The fourth-order valence-corrected chi connectivity index (χ4v) is 3.11. The molecule has 0 saturated carbocycles. The molecular formula is C19H19N5O. The Morgan fingerprint density at radius 2 is 1.80 bits per heavy atom. The Morgan fingerprint density at radius 1 is 1.04 bits per heavy atom. The zero-order valence-corrected chi connectivity index (χ0v) is 13.8. The minimum atomic E-state index is -0.0297.